The van der Waals surface area contributed by atoms with Gasteiger partial charge in [-0.3, -0.25) is 24.5 Å². The summed E-state index contributed by atoms with van der Waals surface area (Å²) in [5.74, 6) is -0.917. The zero-order chi connectivity index (χ0) is 36.3. The lowest BCUT2D eigenvalue weighted by Crippen LogP contribution is -2.30. The zero-order valence-corrected chi connectivity index (χ0v) is 28.9. The summed E-state index contributed by atoms with van der Waals surface area (Å²) in [6, 6.07) is 33.2. The lowest BCUT2D eigenvalue weighted by Gasteiger charge is -2.19. The molecule has 3 N–H and O–H groups in total. The van der Waals surface area contributed by atoms with Crippen LogP contribution < -0.4 is 25.4 Å². The Bertz CT molecular complexity index is 2100. The van der Waals surface area contributed by atoms with E-state index in [-0.39, 0.29) is 33.4 Å². The van der Waals surface area contributed by atoms with Crippen LogP contribution in [0.25, 0.3) is 6.08 Å². The van der Waals surface area contributed by atoms with Crippen molar-refractivity contribution in [1.29, 1.82) is 0 Å². The van der Waals surface area contributed by atoms with Crippen LogP contribution in [-0.2, 0) is 9.59 Å². The predicted molar refractivity (Wildman–Crippen MR) is 198 cm³/mol. The number of nitrogens with zero attached hydrogens (tertiary/aromatic N) is 1. The van der Waals surface area contributed by atoms with E-state index >= 15 is 0 Å². The SMILES string of the molecule is COc1cc(OC)c(NC(=O)C(Sc2cccc(NC(=O)/C(=C\c3ccccc3[N+](=O)[O-])NC(=O)c3ccccc3)c2)c2ccccc2)cc1Cl. The van der Waals surface area contributed by atoms with Gasteiger partial charge >= 0.3 is 0 Å². The maximum absolute atomic E-state index is 13.8. The van der Waals surface area contributed by atoms with Crippen LogP contribution in [0.1, 0.15) is 26.7 Å². The van der Waals surface area contributed by atoms with Crippen LogP contribution in [0.15, 0.2) is 132 Å². The Hall–Kier alpha value is -6.11. The summed E-state index contributed by atoms with van der Waals surface area (Å²) in [4.78, 5) is 52.4. The van der Waals surface area contributed by atoms with E-state index in [1.807, 2.05) is 30.3 Å². The standard InChI is InChI=1S/C38H31ClN4O7S/c1-49-33-23-34(50-2)30(22-29(33)39)41-38(46)35(24-12-5-3-6-13-24)51-28-18-11-17-27(21-28)40-37(45)31(42-36(44)25-14-7-4-8-15-25)20-26-16-9-10-19-32(26)43(47)48/h3-23,35H,1-2H3,(H,40,45)(H,41,46)(H,42,44)/b31-20+. The number of nitrogens with one attached hydrogen (secondary N) is 3. The summed E-state index contributed by atoms with van der Waals surface area (Å²) < 4.78 is 10.7. The van der Waals surface area contributed by atoms with E-state index in [1.165, 1.54) is 50.3 Å². The van der Waals surface area contributed by atoms with Crippen molar-refractivity contribution >= 4 is 64.2 Å². The first-order valence-electron chi connectivity index (χ1n) is 15.3. The van der Waals surface area contributed by atoms with Gasteiger partial charge in [0.05, 0.1) is 35.4 Å². The largest absolute Gasteiger partial charge is 0.495 e. The predicted octanol–water partition coefficient (Wildman–Crippen LogP) is 8.15. The van der Waals surface area contributed by atoms with Crippen LogP contribution >= 0.6 is 23.4 Å². The summed E-state index contributed by atoms with van der Waals surface area (Å²) >= 11 is 7.59. The summed E-state index contributed by atoms with van der Waals surface area (Å²) in [5, 5.41) is 19.5. The van der Waals surface area contributed by atoms with Crippen LogP contribution in [0, 0.1) is 10.1 Å². The minimum atomic E-state index is -0.748. The van der Waals surface area contributed by atoms with Crippen molar-refractivity contribution in [2.45, 2.75) is 10.1 Å². The Morgan fingerprint density at radius 1 is 0.804 bits per heavy atom. The number of hydrogen-bond donors (Lipinski definition) is 3. The second-order valence-electron chi connectivity index (χ2n) is 10.8. The normalized spacial score (nSPS) is 11.5. The van der Waals surface area contributed by atoms with Gasteiger partial charge in [-0.15, -0.1) is 11.8 Å². The lowest BCUT2D eigenvalue weighted by atomic mass is 10.1. The maximum atomic E-state index is 13.8. The number of para-hydroxylation sites is 1. The van der Waals surface area contributed by atoms with Crippen molar-refractivity contribution < 1.29 is 28.8 Å². The molecule has 3 amide bonds. The first-order valence-corrected chi connectivity index (χ1v) is 16.6. The van der Waals surface area contributed by atoms with Crippen molar-refractivity contribution in [3.63, 3.8) is 0 Å². The molecule has 5 aromatic carbocycles. The van der Waals surface area contributed by atoms with Gasteiger partial charge in [0.15, 0.2) is 0 Å². The molecule has 51 heavy (non-hydrogen) atoms. The van der Waals surface area contributed by atoms with Crippen LogP contribution in [0.3, 0.4) is 0 Å². The number of benzene rings is 5. The monoisotopic (exact) mass is 722 g/mol. The number of methoxy groups -OCH3 is 2. The summed E-state index contributed by atoms with van der Waals surface area (Å²) in [7, 11) is 2.95. The highest BCUT2D eigenvalue weighted by Crippen LogP contribution is 2.40. The van der Waals surface area contributed by atoms with Gasteiger partial charge < -0.3 is 25.4 Å². The molecule has 0 fully saturated rings. The Morgan fingerprint density at radius 3 is 2.16 bits per heavy atom. The molecule has 258 valence electrons. The minimum absolute atomic E-state index is 0.122. The van der Waals surface area contributed by atoms with E-state index < -0.39 is 22.0 Å². The lowest BCUT2D eigenvalue weighted by molar-refractivity contribution is -0.385. The van der Waals surface area contributed by atoms with Gasteiger partial charge in [-0.1, -0.05) is 78.3 Å². The van der Waals surface area contributed by atoms with Gasteiger partial charge in [0.25, 0.3) is 17.5 Å². The molecule has 11 nitrogen and oxygen atoms in total. The number of rotatable bonds is 13. The first kappa shape index (κ1) is 36.2. The molecule has 1 unspecified atom stereocenters. The number of hydrogen-bond acceptors (Lipinski definition) is 8. The number of thioether (sulfide) groups is 1. The number of nitro groups is 1. The third-order valence-electron chi connectivity index (χ3n) is 7.38. The second kappa shape index (κ2) is 17.0. The average Bonchev–Trinajstić information content (AvgIpc) is 3.14. The average molecular weight is 723 g/mol. The van der Waals surface area contributed by atoms with Gasteiger partial charge in [-0.05, 0) is 54.1 Å². The summed E-state index contributed by atoms with van der Waals surface area (Å²) in [6.45, 7) is 0. The zero-order valence-electron chi connectivity index (χ0n) is 27.3. The number of nitro benzene ring substituents is 1. The van der Waals surface area contributed by atoms with E-state index in [0.717, 1.165) is 0 Å². The number of anilines is 2. The minimum Gasteiger partial charge on any atom is -0.495 e. The van der Waals surface area contributed by atoms with Gasteiger partial charge in [0, 0.05) is 28.3 Å². The van der Waals surface area contributed by atoms with E-state index in [9.17, 15) is 24.5 Å². The molecular formula is C38H31ClN4O7S. The molecule has 0 radical (unpaired) electrons. The van der Waals surface area contributed by atoms with Crippen molar-refractivity contribution in [2.75, 3.05) is 24.9 Å². The first-order chi connectivity index (χ1) is 24.7. The molecule has 0 bridgehead atoms. The van der Waals surface area contributed by atoms with Crippen molar-refractivity contribution in [3.05, 3.63) is 159 Å². The van der Waals surface area contributed by atoms with Crippen molar-refractivity contribution in [2.24, 2.45) is 0 Å². The molecule has 0 aromatic heterocycles. The Morgan fingerprint density at radius 2 is 1.47 bits per heavy atom. The molecule has 0 aliphatic carbocycles. The molecule has 13 heteroatoms. The van der Waals surface area contributed by atoms with Gasteiger partial charge in [0.1, 0.15) is 22.4 Å². The molecule has 0 heterocycles. The van der Waals surface area contributed by atoms with Crippen molar-refractivity contribution in [1.82, 2.24) is 5.32 Å². The van der Waals surface area contributed by atoms with Crippen molar-refractivity contribution in [3.8, 4) is 11.5 Å². The number of carbonyl (C=O) groups is 3. The smallest absolute Gasteiger partial charge is 0.276 e. The molecular weight excluding hydrogens is 692 g/mol. The highest BCUT2D eigenvalue weighted by Gasteiger charge is 2.25. The van der Waals surface area contributed by atoms with Crippen LogP contribution in [0.5, 0.6) is 11.5 Å². The summed E-state index contributed by atoms with van der Waals surface area (Å²) in [6.07, 6.45) is 1.25. The quantitative estimate of drug-likeness (QED) is 0.0477. The molecule has 1 atom stereocenters. The fraction of sp³-hybridized carbons (Fsp3) is 0.0789. The Labute approximate surface area is 302 Å². The number of carbonyl (C=O) groups excluding carboxylic acids is 3. The van der Waals surface area contributed by atoms with Gasteiger partial charge in [-0.2, -0.15) is 0 Å². The highest BCUT2D eigenvalue weighted by molar-refractivity contribution is 8.00. The third kappa shape index (κ3) is 9.32. The molecule has 0 aliphatic heterocycles. The second-order valence-corrected chi connectivity index (χ2v) is 12.3. The Balaban J connectivity index is 1.42. The fourth-order valence-electron chi connectivity index (χ4n) is 4.91. The molecule has 5 aromatic rings. The number of ether oxygens (including phenoxy) is 2. The van der Waals surface area contributed by atoms with Crippen LogP contribution in [-0.4, -0.2) is 36.9 Å². The van der Waals surface area contributed by atoms with Crippen LogP contribution in [0.2, 0.25) is 5.02 Å². The number of amides is 3. The maximum Gasteiger partial charge on any atom is 0.276 e. The molecule has 0 saturated carbocycles. The third-order valence-corrected chi connectivity index (χ3v) is 8.92. The summed E-state index contributed by atoms with van der Waals surface area (Å²) in [5.41, 5.74) is 1.37. The Kier molecular flexibility index (Phi) is 12.1. The molecule has 0 saturated heterocycles. The highest BCUT2D eigenvalue weighted by atomic mass is 35.5. The van der Waals surface area contributed by atoms with E-state index in [1.54, 1.807) is 72.8 Å². The number of halogens is 1. The van der Waals surface area contributed by atoms with Crippen LogP contribution in [0.4, 0.5) is 17.1 Å². The van der Waals surface area contributed by atoms with E-state index in [4.69, 9.17) is 21.1 Å². The molecule has 0 spiro atoms. The molecule has 5 rings (SSSR count). The van der Waals surface area contributed by atoms with Gasteiger partial charge in [-0.25, -0.2) is 0 Å². The topological polar surface area (TPSA) is 149 Å². The van der Waals surface area contributed by atoms with E-state index in [2.05, 4.69) is 16.0 Å². The fourth-order valence-corrected chi connectivity index (χ4v) is 6.24. The van der Waals surface area contributed by atoms with E-state index in [0.29, 0.717) is 33.3 Å². The molecule has 0 aliphatic rings. The van der Waals surface area contributed by atoms with Gasteiger partial charge in [0.2, 0.25) is 5.91 Å².